The van der Waals surface area contributed by atoms with Crippen molar-refractivity contribution in [2.75, 3.05) is 26.9 Å². The lowest BCUT2D eigenvalue weighted by atomic mass is 10.0. The highest BCUT2D eigenvalue weighted by Gasteiger charge is 2.01. The van der Waals surface area contributed by atoms with Gasteiger partial charge in [-0.25, -0.2) is 0 Å². The predicted molar refractivity (Wildman–Crippen MR) is 108 cm³/mol. The molecule has 0 saturated heterocycles. The molecule has 0 amide bonds. The fourth-order valence-corrected chi connectivity index (χ4v) is 3.25. The predicted octanol–water partition coefficient (Wildman–Crippen LogP) is 6.76. The Hall–Kier alpha value is 0.270. The molecule has 0 aromatic heterocycles. The lowest BCUT2D eigenvalue weighted by molar-refractivity contribution is 0.112. The van der Waals surface area contributed by atoms with Crippen LogP contribution in [0.5, 0.6) is 0 Å². The largest absolute Gasteiger partial charge is 0.381 e. The second kappa shape index (κ2) is 22.3. The van der Waals surface area contributed by atoms with Crippen LogP contribution in [0, 0.1) is 0 Å². The molecule has 0 rings (SSSR count). The zero-order valence-electron chi connectivity index (χ0n) is 16.8. The summed E-state index contributed by atoms with van der Waals surface area (Å²) in [5, 5.41) is 0. The first-order valence-corrected chi connectivity index (χ1v) is 11.7. The summed E-state index contributed by atoms with van der Waals surface area (Å²) in [6, 6.07) is 0. The quantitative estimate of drug-likeness (QED) is 0.177. The van der Waals surface area contributed by atoms with Gasteiger partial charge < -0.3 is 18.7 Å². The van der Waals surface area contributed by atoms with Gasteiger partial charge in [0.15, 0.2) is 0 Å². The first kappa shape index (κ1) is 25.3. The number of hydrogen-bond donors (Lipinski definition) is 1. The Morgan fingerprint density at radius 2 is 1.04 bits per heavy atom. The smallest absolute Gasteiger partial charge is 0.329 e. The topological polar surface area (TPSA) is 47.9 Å². The van der Waals surface area contributed by atoms with Crippen molar-refractivity contribution < 1.29 is 18.7 Å². The van der Waals surface area contributed by atoms with E-state index in [-0.39, 0.29) is 0 Å². The molecule has 1 unspecified atom stereocenters. The van der Waals surface area contributed by atoms with Crippen LogP contribution >= 0.6 is 8.60 Å². The summed E-state index contributed by atoms with van der Waals surface area (Å²) in [7, 11) is -0.237. The van der Waals surface area contributed by atoms with Crippen LogP contribution < -0.4 is 0 Å². The SMILES string of the molecule is CCCCCCCCCCCCCCCCOCCCOP(O)OC. The Morgan fingerprint density at radius 3 is 1.52 bits per heavy atom. The van der Waals surface area contributed by atoms with Gasteiger partial charge in [-0.05, 0) is 12.8 Å². The second-order valence-corrected chi connectivity index (χ2v) is 7.91. The first-order chi connectivity index (χ1) is 12.3. The molecule has 0 aliphatic heterocycles. The average Bonchev–Trinajstić information content (AvgIpc) is 2.63. The van der Waals surface area contributed by atoms with E-state index in [1.54, 1.807) is 0 Å². The van der Waals surface area contributed by atoms with Crippen LogP contribution in [0.25, 0.3) is 0 Å². The van der Waals surface area contributed by atoms with Crippen molar-refractivity contribution in [3.63, 3.8) is 0 Å². The van der Waals surface area contributed by atoms with Crippen LogP contribution in [0.15, 0.2) is 0 Å². The monoisotopic (exact) mass is 378 g/mol. The molecule has 0 aliphatic carbocycles. The normalized spacial score (nSPS) is 12.6. The van der Waals surface area contributed by atoms with Crippen molar-refractivity contribution >= 4 is 8.60 Å². The van der Waals surface area contributed by atoms with Gasteiger partial charge in [-0.1, -0.05) is 90.4 Å². The minimum Gasteiger partial charge on any atom is -0.381 e. The summed E-state index contributed by atoms with van der Waals surface area (Å²) < 4.78 is 15.2. The van der Waals surface area contributed by atoms with E-state index in [0.717, 1.165) is 19.4 Å². The summed E-state index contributed by atoms with van der Waals surface area (Å²) in [5.74, 6) is 0. The molecule has 1 atom stereocenters. The third kappa shape index (κ3) is 22.2. The fourth-order valence-electron chi connectivity index (χ4n) is 2.86. The average molecular weight is 379 g/mol. The van der Waals surface area contributed by atoms with E-state index in [0.29, 0.717) is 13.2 Å². The highest BCUT2D eigenvalue weighted by molar-refractivity contribution is 7.40. The van der Waals surface area contributed by atoms with Gasteiger partial charge in [-0.2, -0.15) is 0 Å². The number of hydrogen-bond acceptors (Lipinski definition) is 4. The van der Waals surface area contributed by atoms with Gasteiger partial charge in [0.25, 0.3) is 0 Å². The molecule has 0 bridgehead atoms. The van der Waals surface area contributed by atoms with E-state index >= 15 is 0 Å². The molecule has 1 N–H and O–H groups in total. The summed E-state index contributed by atoms with van der Waals surface area (Å²) in [4.78, 5) is 9.08. The molecular formula is C20H43O4P. The van der Waals surface area contributed by atoms with E-state index in [1.165, 1.54) is 90.6 Å². The van der Waals surface area contributed by atoms with Crippen molar-refractivity contribution in [2.24, 2.45) is 0 Å². The summed E-state index contributed by atoms with van der Waals surface area (Å²) in [6.07, 6.45) is 20.2. The molecule has 0 aromatic carbocycles. The molecule has 0 heterocycles. The molecule has 152 valence electrons. The van der Waals surface area contributed by atoms with Gasteiger partial charge in [-0.3, -0.25) is 0 Å². The third-order valence-corrected chi connectivity index (χ3v) is 5.15. The van der Waals surface area contributed by atoms with Gasteiger partial charge >= 0.3 is 8.60 Å². The zero-order chi connectivity index (χ0) is 18.4. The van der Waals surface area contributed by atoms with E-state index in [2.05, 4.69) is 11.4 Å². The minimum absolute atomic E-state index is 0.495. The molecule has 25 heavy (non-hydrogen) atoms. The lowest BCUT2D eigenvalue weighted by Gasteiger charge is -2.07. The number of rotatable bonds is 21. The van der Waals surface area contributed by atoms with Crippen molar-refractivity contribution in [1.82, 2.24) is 0 Å². The Balaban J connectivity index is 2.98. The standard InChI is InChI=1S/C20H43O4P/c1-3-4-5-6-7-8-9-10-11-12-13-14-15-16-18-23-19-17-20-24-25(21)22-2/h21H,3-20H2,1-2H3. The third-order valence-electron chi connectivity index (χ3n) is 4.43. The molecule has 0 spiro atoms. The Morgan fingerprint density at radius 1 is 0.600 bits per heavy atom. The highest BCUT2D eigenvalue weighted by Crippen LogP contribution is 2.30. The lowest BCUT2D eigenvalue weighted by Crippen LogP contribution is -2.01. The summed E-state index contributed by atoms with van der Waals surface area (Å²) in [5.41, 5.74) is 0. The molecule has 5 heteroatoms. The molecular weight excluding hydrogens is 335 g/mol. The van der Waals surface area contributed by atoms with Crippen molar-refractivity contribution in [3.8, 4) is 0 Å². The van der Waals surface area contributed by atoms with Gasteiger partial charge in [-0.15, -0.1) is 0 Å². The maximum absolute atomic E-state index is 9.08. The molecule has 0 saturated carbocycles. The first-order valence-electron chi connectivity index (χ1n) is 10.5. The maximum atomic E-state index is 9.08. The van der Waals surface area contributed by atoms with E-state index < -0.39 is 8.60 Å². The van der Waals surface area contributed by atoms with Gasteiger partial charge in [0.05, 0.1) is 6.61 Å². The fraction of sp³-hybridized carbons (Fsp3) is 1.00. The zero-order valence-corrected chi connectivity index (χ0v) is 17.7. The van der Waals surface area contributed by atoms with Crippen LogP contribution in [-0.2, 0) is 13.8 Å². The maximum Gasteiger partial charge on any atom is 0.329 e. The van der Waals surface area contributed by atoms with Gasteiger partial charge in [0.1, 0.15) is 0 Å². The molecule has 4 nitrogen and oxygen atoms in total. The number of unbranched alkanes of at least 4 members (excludes halogenated alkanes) is 13. The van der Waals surface area contributed by atoms with Crippen LogP contribution in [0.3, 0.4) is 0 Å². The van der Waals surface area contributed by atoms with Crippen molar-refractivity contribution in [2.45, 2.75) is 103 Å². The highest BCUT2D eigenvalue weighted by atomic mass is 31.2. The Kier molecular flexibility index (Phi) is 22.6. The minimum atomic E-state index is -1.68. The summed E-state index contributed by atoms with van der Waals surface area (Å²) >= 11 is 0. The van der Waals surface area contributed by atoms with Gasteiger partial charge in [0.2, 0.25) is 0 Å². The van der Waals surface area contributed by atoms with E-state index in [4.69, 9.17) is 14.2 Å². The molecule has 0 radical (unpaired) electrons. The van der Waals surface area contributed by atoms with Crippen molar-refractivity contribution in [1.29, 1.82) is 0 Å². The molecule has 0 aromatic rings. The van der Waals surface area contributed by atoms with Crippen LogP contribution in [0.4, 0.5) is 0 Å². The Bertz CT molecular complexity index is 242. The van der Waals surface area contributed by atoms with Crippen LogP contribution in [0.1, 0.15) is 103 Å². The van der Waals surface area contributed by atoms with Crippen LogP contribution in [0.2, 0.25) is 0 Å². The molecule has 0 fully saturated rings. The second-order valence-electron chi connectivity index (χ2n) is 6.82. The van der Waals surface area contributed by atoms with E-state index in [9.17, 15) is 0 Å². The van der Waals surface area contributed by atoms with Gasteiger partial charge in [0, 0.05) is 20.3 Å². The summed E-state index contributed by atoms with van der Waals surface area (Å²) in [6.45, 7) is 4.32. The Labute approximate surface area is 158 Å². The van der Waals surface area contributed by atoms with Crippen molar-refractivity contribution in [3.05, 3.63) is 0 Å². The number of ether oxygens (including phenoxy) is 1. The molecule has 0 aliphatic rings. The van der Waals surface area contributed by atoms with E-state index in [1.807, 2.05) is 0 Å². The van der Waals surface area contributed by atoms with Crippen LogP contribution in [-0.4, -0.2) is 31.8 Å².